The summed E-state index contributed by atoms with van der Waals surface area (Å²) in [5, 5.41) is 3.31. The number of halogens is 1. The highest BCUT2D eigenvalue weighted by Crippen LogP contribution is 2.30. The highest BCUT2D eigenvalue weighted by atomic mass is 35.5. The molecule has 1 aliphatic rings. The molecule has 2 rings (SSSR count). The number of likely N-dealkylation sites (tertiary alicyclic amines) is 1. The Kier molecular flexibility index (Phi) is 13.8. The van der Waals surface area contributed by atoms with Crippen LogP contribution in [0, 0.1) is 0 Å². The van der Waals surface area contributed by atoms with Crippen molar-refractivity contribution in [3.05, 3.63) is 28.8 Å². The zero-order valence-electron chi connectivity index (χ0n) is 23.9. The van der Waals surface area contributed by atoms with Gasteiger partial charge in [0.25, 0.3) is 0 Å². The van der Waals surface area contributed by atoms with Crippen molar-refractivity contribution in [3.63, 3.8) is 0 Å². The maximum absolute atomic E-state index is 13.3. The minimum Gasteiger partial charge on any atom is -0.490 e. The third-order valence-corrected chi connectivity index (χ3v) is 7.53. The van der Waals surface area contributed by atoms with Crippen molar-refractivity contribution in [2.45, 2.75) is 89.4 Å². The van der Waals surface area contributed by atoms with E-state index in [1.165, 1.54) is 11.8 Å². The van der Waals surface area contributed by atoms with Gasteiger partial charge < -0.3 is 37.1 Å². The van der Waals surface area contributed by atoms with E-state index in [-0.39, 0.29) is 55.7 Å². The van der Waals surface area contributed by atoms with Crippen molar-refractivity contribution in [3.8, 4) is 5.75 Å². The Hall–Kier alpha value is -3.38. The highest BCUT2D eigenvalue weighted by Gasteiger charge is 2.37. The molecule has 1 fully saturated rings. The van der Waals surface area contributed by atoms with Crippen LogP contribution in [0.5, 0.6) is 5.75 Å². The Morgan fingerprint density at radius 2 is 1.90 bits per heavy atom. The first-order valence-electron chi connectivity index (χ1n) is 13.9. The lowest BCUT2D eigenvalue weighted by Gasteiger charge is -2.30. The van der Waals surface area contributed by atoms with Crippen LogP contribution >= 0.6 is 11.6 Å². The van der Waals surface area contributed by atoms with Gasteiger partial charge >= 0.3 is 0 Å². The third kappa shape index (κ3) is 11.2. The number of carbonyl (C=O) groups is 5. The standard InChI is InChI=1S/C28H43ClN6O6/c1-18(30)15-34(19(2)37)14-13-22-10-11-23(35(22)17-36)28(40)33-21(9-12-26(32)39)16-41-24-7-3-5-20(27(24)29)6-4-8-25(31)38/h3,5,7,17-18,21-23H,4,6,8-16,30H2,1-2H3,(H2,31,38)(H2,32,39)(H,33,40). The number of ether oxygens (including phenoxy) is 1. The molecule has 0 aliphatic carbocycles. The van der Waals surface area contributed by atoms with Gasteiger partial charge in [0, 0.05) is 44.9 Å². The van der Waals surface area contributed by atoms with E-state index in [2.05, 4.69) is 5.32 Å². The van der Waals surface area contributed by atoms with Crippen molar-refractivity contribution in [1.29, 1.82) is 0 Å². The van der Waals surface area contributed by atoms with Crippen LogP contribution in [0.2, 0.25) is 5.02 Å². The number of rotatable bonds is 18. The molecule has 1 saturated heterocycles. The Bertz CT molecular complexity index is 1070. The minimum atomic E-state index is -0.690. The first kappa shape index (κ1) is 33.8. The molecule has 7 N–H and O–H groups in total. The summed E-state index contributed by atoms with van der Waals surface area (Å²) < 4.78 is 5.93. The predicted molar refractivity (Wildman–Crippen MR) is 155 cm³/mol. The minimum absolute atomic E-state index is 0.0194. The Labute approximate surface area is 246 Å². The van der Waals surface area contributed by atoms with Gasteiger partial charge in [-0.05, 0) is 57.1 Å². The zero-order chi connectivity index (χ0) is 30.5. The van der Waals surface area contributed by atoms with Crippen molar-refractivity contribution in [2.75, 3.05) is 19.7 Å². The summed E-state index contributed by atoms with van der Waals surface area (Å²) in [5.74, 6) is -0.957. The molecule has 0 radical (unpaired) electrons. The molecule has 4 atom stereocenters. The molecule has 1 heterocycles. The van der Waals surface area contributed by atoms with E-state index in [0.29, 0.717) is 62.4 Å². The van der Waals surface area contributed by atoms with E-state index >= 15 is 0 Å². The van der Waals surface area contributed by atoms with Crippen LogP contribution in [0.1, 0.15) is 64.4 Å². The average molecular weight is 595 g/mol. The normalized spacial score (nSPS) is 17.9. The fourth-order valence-electron chi connectivity index (χ4n) is 4.97. The van der Waals surface area contributed by atoms with Gasteiger partial charge in [-0.25, -0.2) is 0 Å². The number of hydrogen-bond donors (Lipinski definition) is 4. The first-order chi connectivity index (χ1) is 19.4. The van der Waals surface area contributed by atoms with Crippen LogP contribution in [0.15, 0.2) is 18.2 Å². The van der Waals surface area contributed by atoms with E-state index in [4.69, 9.17) is 33.5 Å². The van der Waals surface area contributed by atoms with E-state index in [1.807, 2.05) is 13.0 Å². The van der Waals surface area contributed by atoms with E-state index < -0.39 is 18.0 Å². The smallest absolute Gasteiger partial charge is 0.243 e. The Morgan fingerprint density at radius 3 is 2.51 bits per heavy atom. The zero-order valence-corrected chi connectivity index (χ0v) is 24.6. The number of nitrogens with two attached hydrogens (primary N) is 3. The molecule has 0 aromatic heterocycles. The van der Waals surface area contributed by atoms with Gasteiger partial charge in [0.15, 0.2) is 0 Å². The topological polar surface area (TPSA) is 191 Å². The van der Waals surface area contributed by atoms with E-state index in [0.717, 1.165) is 5.56 Å². The van der Waals surface area contributed by atoms with Gasteiger partial charge in [0.05, 0.1) is 11.1 Å². The van der Waals surface area contributed by atoms with Gasteiger partial charge in [-0.2, -0.15) is 0 Å². The fraction of sp³-hybridized carbons (Fsp3) is 0.607. The summed E-state index contributed by atoms with van der Waals surface area (Å²) in [6.07, 6.45) is 3.86. The maximum Gasteiger partial charge on any atom is 0.243 e. The molecule has 13 heteroatoms. The van der Waals surface area contributed by atoms with Crippen molar-refractivity contribution < 1.29 is 28.7 Å². The summed E-state index contributed by atoms with van der Waals surface area (Å²) in [5.41, 5.74) is 17.2. The summed E-state index contributed by atoms with van der Waals surface area (Å²) in [7, 11) is 0. The average Bonchev–Trinajstić information content (AvgIpc) is 3.32. The second kappa shape index (κ2) is 16.8. The molecule has 5 amide bonds. The summed E-state index contributed by atoms with van der Waals surface area (Å²) >= 11 is 6.52. The number of aryl methyl sites for hydroxylation is 1. The van der Waals surface area contributed by atoms with Gasteiger partial charge in [-0.1, -0.05) is 23.7 Å². The summed E-state index contributed by atoms with van der Waals surface area (Å²) in [4.78, 5) is 62.9. The van der Waals surface area contributed by atoms with E-state index in [1.54, 1.807) is 17.0 Å². The highest BCUT2D eigenvalue weighted by molar-refractivity contribution is 6.32. The largest absolute Gasteiger partial charge is 0.490 e. The van der Waals surface area contributed by atoms with Crippen LogP contribution in [0.3, 0.4) is 0 Å². The molecule has 1 aromatic rings. The lowest BCUT2D eigenvalue weighted by molar-refractivity contribution is -0.133. The molecule has 41 heavy (non-hydrogen) atoms. The molecular formula is C28H43ClN6O6. The molecule has 1 aliphatic heterocycles. The monoisotopic (exact) mass is 594 g/mol. The molecular weight excluding hydrogens is 552 g/mol. The Morgan fingerprint density at radius 1 is 1.20 bits per heavy atom. The molecule has 228 valence electrons. The molecule has 1 aromatic carbocycles. The number of carbonyl (C=O) groups excluding carboxylic acids is 5. The van der Waals surface area contributed by atoms with Crippen LogP contribution < -0.4 is 27.3 Å². The molecule has 12 nitrogen and oxygen atoms in total. The number of amides is 5. The molecule has 0 spiro atoms. The van der Waals surface area contributed by atoms with Crippen molar-refractivity contribution in [1.82, 2.24) is 15.1 Å². The molecule has 0 saturated carbocycles. The summed E-state index contributed by atoms with van der Waals surface area (Å²) in [6, 6.07) is 3.66. The van der Waals surface area contributed by atoms with Gasteiger partial charge in [0.1, 0.15) is 18.4 Å². The van der Waals surface area contributed by atoms with E-state index in [9.17, 15) is 24.0 Å². The van der Waals surface area contributed by atoms with Crippen LogP contribution in [-0.4, -0.2) is 83.7 Å². The van der Waals surface area contributed by atoms with Gasteiger partial charge in [-0.3, -0.25) is 24.0 Å². The van der Waals surface area contributed by atoms with Gasteiger partial charge in [0.2, 0.25) is 30.0 Å². The van der Waals surface area contributed by atoms with Crippen molar-refractivity contribution >= 4 is 41.6 Å². The lowest BCUT2D eigenvalue weighted by atomic mass is 10.1. The molecule has 4 unspecified atom stereocenters. The number of primary amides is 2. The van der Waals surface area contributed by atoms with Crippen molar-refractivity contribution in [2.24, 2.45) is 17.2 Å². The van der Waals surface area contributed by atoms with Crippen LogP contribution in [-0.2, 0) is 30.4 Å². The lowest BCUT2D eigenvalue weighted by Crippen LogP contribution is -2.50. The second-order valence-corrected chi connectivity index (χ2v) is 11.0. The Balaban J connectivity index is 2.04. The first-order valence-corrected chi connectivity index (χ1v) is 14.3. The second-order valence-electron chi connectivity index (χ2n) is 10.6. The fourth-order valence-corrected chi connectivity index (χ4v) is 5.24. The number of benzene rings is 1. The maximum atomic E-state index is 13.3. The summed E-state index contributed by atoms with van der Waals surface area (Å²) in [6.45, 7) is 4.16. The number of nitrogens with zero attached hydrogens (tertiary/aromatic N) is 2. The third-order valence-electron chi connectivity index (χ3n) is 7.10. The number of nitrogens with one attached hydrogen (secondary N) is 1. The van der Waals surface area contributed by atoms with Gasteiger partial charge in [-0.15, -0.1) is 0 Å². The predicted octanol–water partition coefficient (Wildman–Crippen LogP) is 0.852. The van der Waals surface area contributed by atoms with Crippen LogP contribution in [0.4, 0.5) is 0 Å². The van der Waals surface area contributed by atoms with Crippen LogP contribution in [0.25, 0.3) is 0 Å². The molecule has 0 bridgehead atoms. The quantitative estimate of drug-likeness (QED) is 0.181. The SMILES string of the molecule is CC(=O)N(CCC1CCC(C(=O)NC(CCC(N)=O)COc2cccc(CCCC(N)=O)c2Cl)N1C=O)CC(C)N. The number of hydrogen-bond acceptors (Lipinski definition) is 7.